The molecule has 1 N–H and O–H groups in total. The van der Waals surface area contributed by atoms with E-state index < -0.39 is 10.0 Å². The number of carbonyl (C=O) groups is 1. The molecule has 2 aromatic carbocycles. The third kappa shape index (κ3) is 5.64. The first-order valence-electron chi connectivity index (χ1n) is 9.65. The molecule has 11 heteroatoms. The number of aromatic nitrogens is 2. The molecule has 9 nitrogen and oxygen atoms in total. The zero-order valence-electron chi connectivity index (χ0n) is 17.8. The Morgan fingerprint density at radius 1 is 1.19 bits per heavy atom. The summed E-state index contributed by atoms with van der Waals surface area (Å²) in [5.41, 5.74) is 1.36. The predicted molar refractivity (Wildman–Crippen MR) is 119 cm³/mol. The van der Waals surface area contributed by atoms with Gasteiger partial charge in [0.25, 0.3) is 0 Å². The lowest BCUT2D eigenvalue weighted by Gasteiger charge is -2.14. The summed E-state index contributed by atoms with van der Waals surface area (Å²) < 4.78 is 36.4. The molecule has 0 radical (unpaired) electrons. The van der Waals surface area contributed by atoms with Crippen molar-refractivity contribution >= 4 is 27.5 Å². The van der Waals surface area contributed by atoms with E-state index in [1.165, 1.54) is 33.3 Å². The molecule has 1 heterocycles. The van der Waals surface area contributed by atoms with Crippen molar-refractivity contribution in [2.24, 2.45) is 0 Å². The van der Waals surface area contributed by atoms with Gasteiger partial charge in [0, 0.05) is 31.1 Å². The van der Waals surface area contributed by atoms with Crippen LogP contribution in [0.4, 0.5) is 0 Å². The van der Waals surface area contributed by atoms with Gasteiger partial charge in [0.05, 0.1) is 18.6 Å². The van der Waals surface area contributed by atoms with Gasteiger partial charge in [-0.2, -0.15) is 4.98 Å². The fourth-order valence-electron chi connectivity index (χ4n) is 2.88. The highest BCUT2D eigenvalue weighted by atomic mass is 35.5. The predicted octanol–water partition coefficient (Wildman–Crippen LogP) is 2.90. The Hall–Kier alpha value is -2.95. The lowest BCUT2D eigenvalue weighted by Crippen LogP contribution is -2.24. The maximum absolute atomic E-state index is 12.4. The van der Waals surface area contributed by atoms with Crippen LogP contribution in [0.1, 0.15) is 17.9 Å². The fraction of sp³-hybridized carbons (Fsp3) is 0.286. The van der Waals surface area contributed by atoms with E-state index in [2.05, 4.69) is 15.5 Å². The Morgan fingerprint density at radius 2 is 1.91 bits per heavy atom. The van der Waals surface area contributed by atoms with Crippen LogP contribution < -0.4 is 10.1 Å². The van der Waals surface area contributed by atoms with Crippen molar-refractivity contribution in [2.45, 2.75) is 24.3 Å². The van der Waals surface area contributed by atoms with Crippen molar-refractivity contribution in [2.75, 3.05) is 21.2 Å². The number of methoxy groups -OCH3 is 1. The molecular weight excluding hydrogens is 456 g/mol. The molecule has 3 rings (SSSR count). The molecule has 0 saturated carbocycles. The minimum absolute atomic E-state index is 0.0750. The summed E-state index contributed by atoms with van der Waals surface area (Å²) in [5, 5.41) is 7.22. The number of aryl methyl sites for hydroxylation is 1. The number of benzene rings is 2. The summed E-state index contributed by atoms with van der Waals surface area (Å²) in [6.45, 7) is 0.0750. The number of hydrogen-bond acceptors (Lipinski definition) is 7. The third-order valence-corrected chi connectivity index (χ3v) is 6.72. The molecule has 0 spiro atoms. The van der Waals surface area contributed by atoms with Gasteiger partial charge < -0.3 is 14.6 Å². The van der Waals surface area contributed by atoms with Gasteiger partial charge >= 0.3 is 0 Å². The molecule has 0 bridgehead atoms. The van der Waals surface area contributed by atoms with Gasteiger partial charge in [-0.05, 0) is 54.4 Å². The normalized spacial score (nSPS) is 11.5. The molecule has 170 valence electrons. The number of carbonyl (C=O) groups excluding carboxylic acids is 1. The number of nitrogens with zero attached hydrogens (tertiary/aromatic N) is 3. The molecule has 0 saturated heterocycles. The van der Waals surface area contributed by atoms with Crippen LogP contribution in [0.25, 0.3) is 11.4 Å². The van der Waals surface area contributed by atoms with Gasteiger partial charge in [0.2, 0.25) is 27.6 Å². The summed E-state index contributed by atoms with van der Waals surface area (Å²) in [6, 6.07) is 11.6. The van der Waals surface area contributed by atoms with Gasteiger partial charge in [-0.1, -0.05) is 16.8 Å². The molecule has 0 aliphatic rings. The number of sulfonamides is 1. The fourth-order valence-corrected chi connectivity index (χ4v) is 3.95. The number of hydrogen-bond donors (Lipinski definition) is 1. The molecule has 32 heavy (non-hydrogen) atoms. The molecule has 1 amide bonds. The van der Waals surface area contributed by atoms with Gasteiger partial charge in [-0.15, -0.1) is 0 Å². The number of halogens is 1. The van der Waals surface area contributed by atoms with E-state index >= 15 is 0 Å². The van der Waals surface area contributed by atoms with Crippen LogP contribution in [0.5, 0.6) is 5.75 Å². The Labute approximate surface area is 191 Å². The summed E-state index contributed by atoms with van der Waals surface area (Å²) in [7, 11) is 0.825. The highest BCUT2D eigenvalue weighted by Gasteiger charge is 2.19. The molecule has 0 aliphatic heterocycles. The average molecular weight is 479 g/mol. The first kappa shape index (κ1) is 23.7. The largest absolute Gasteiger partial charge is 0.496 e. The summed E-state index contributed by atoms with van der Waals surface area (Å²) >= 11 is 5.88. The van der Waals surface area contributed by atoms with E-state index in [4.69, 9.17) is 20.9 Å². The van der Waals surface area contributed by atoms with Crippen LogP contribution in [-0.2, 0) is 27.8 Å². The van der Waals surface area contributed by atoms with Crippen LogP contribution in [0.3, 0.4) is 0 Å². The van der Waals surface area contributed by atoms with Crippen molar-refractivity contribution in [3.05, 3.63) is 58.9 Å². The number of nitrogens with one attached hydrogen (secondary N) is 1. The van der Waals surface area contributed by atoms with Crippen molar-refractivity contribution < 1.29 is 22.5 Å². The monoisotopic (exact) mass is 478 g/mol. The second-order valence-corrected chi connectivity index (χ2v) is 9.64. The van der Waals surface area contributed by atoms with E-state index in [-0.39, 0.29) is 29.7 Å². The SMILES string of the molecule is COc1ccc(S(=O)(=O)N(C)C)cc1CCC(=O)NCc1nc(-c2ccc(Cl)cc2)no1. The van der Waals surface area contributed by atoms with E-state index in [1.54, 1.807) is 30.3 Å². The van der Waals surface area contributed by atoms with Crippen LogP contribution in [0.2, 0.25) is 5.02 Å². The quantitative estimate of drug-likeness (QED) is 0.502. The number of ether oxygens (including phenoxy) is 1. The molecule has 3 aromatic rings. The lowest BCUT2D eigenvalue weighted by molar-refractivity contribution is -0.121. The molecule has 0 atom stereocenters. The molecular formula is C21H23ClN4O5S. The van der Waals surface area contributed by atoms with E-state index in [1.807, 2.05) is 0 Å². The van der Waals surface area contributed by atoms with E-state index in [9.17, 15) is 13.2 Å². The van der Waals surface area contributed by atoms with Crippen LogP contribution in [-0.4, -0.2) is 50.0 Å². The number of rotatable bonds is 9. The smallest absolute Gasteiger partial charge is 0.246 e. The Morgan fingerprint density at radius 3 is 2.56 bits per heavy atom. The summed E-state index contributed by atoms with van der Waals surface area (Å²) in [4.78, 5) is 16.7. The zero-order chi connectivity index (χ0) is 23.3. The van der Waals surface area contributed by atoms with Crippen LogP contribution >= 0.6 is 11.6 Å². The Balaban J connectivity index is 1.60. The lowest BCUT2D eigenvalue weighted by atomic mass is 10.1. The zero-order valence-corrected chi connectivity index (χ0v) is 19.4. The van der Waals surface area contributed by atoms with Crippen molar-refractivity contribution in [1.82, 2.24) is 19.8 Å². The second-order valence-electron chi connectivity index (χ2n) is 7.06. The highest BCUT2D eigenvalue weighted by Crippen LogP contribution is 2.25. The summed E-state index contributed by atoms with van der Waals surface area (Å²) in [6.07, 6.45) is 0.422. The van der Waals surface area contributed by atoms with E-state index in [0.29, 0.717) is 28.6 Å². The topological polar surface area (TPSA) is 115 Å². The van der Waals surface area contributed by atoms with Gasteiger partial charge in [0.15, 0.2) is 0 Å². The van der Waals surface area contributed by atoms with Crippen LogP contribution in [0, 0.1) is 0 Å². The van der Waals surface area contributed by atoms with Crippen molar-refractivity contribution in [3.8, 4) is 17.1 Å². The third-order valence-electron chi connectivity index (χ3n) is 4.66. The molecule has 1 aromatic heterocycles. The Bertz CT molecular complexity index is 1190. The summed E-state index contributed by atoms with van der Waals surface area (Å²) in [5.74, 6) is 0.925. The van der Waals surface area contributed by atoms with Gasteiger partial charge in [-0.3, -0.25) is 4.79 Å². The van der Waals surface area contributed by atoms with Crippen molar-refractivity contribution in [1.29, 1.82) is 0 Å². The first-order chi connectivity index (χ1) is 15.2. The maximum atomic E-state index is 12.4. The second kappa shape index (κ2) is 10.1. The highest BCUT2D eigenvalue weighted by molar-refractivity contribution is 7.89. The molecule has 0 unspecified atom stereocenters. The van der Waals surface area contributed by atoms with E-state index in [0.717, 1.165) is 9.87 Å². The average Bonchev–Trinajstić information content (AvgIpc) is 3.25. The van der Waals surface area contributed by atoms with Gasteiger partial charge in [-0.25, -0.2) is 12.7 Å². The minimum atomic E-state index is -3.59. The maximum Gasteiger partial charge on any atom is 0.246 e. The first-order valence-corrected chi connectivity index (χ1v) is 11.5. The van der Waals surface area contributed by atoms with Crippen LogP contribution in [0.15, 0.2) is 51.9 Å². The minimum Gasteiger partial charge on any atom is -0.496 e. The Kier molecular flexibility index (Phi) is 7.49. The molecule has 0 aliphatic carbocycles. The number of amides is 1. The molecule has 0 fully saturated rings. The van der Waals surface area contributed by atoms with Gasteiger partial charge in [0.1, 0.15) is 5.75 Å². The standard InChI is InChI=1S/C21H23ClN4O5S/c1-26(2)32(28,29)17-9-10-18(30-3)15(12-17)6-11-19(27)23-13-20-24-21(25-31-20)14-4-7-16(22)8-5-14/h4-5,7-10,12H,6,11,13H2,1-3H3,(H,23,27). The van der Waals surface area contributed by atoms with Crippen molar-refractivity contribution in [3.63, 3.8) is 0 Å².